The maximum atomic E-state index is 12.0. The molecule has 3 rings (SSSR count). The van der Waals surface area contributed by atoms with Crippen LogP contribution in [-0.4, -0.2) is 48.1 Å². The Morgan fingerprint density at radius 2 is 2.00 bits per heavy atom. The van der Waals surface area contributed by atoms with Gasteiger partial charge in [0.1, 0.15) is 0 Å². The van der Waals surface area contributed by atoms with Crippen molar-refractivity contribution in [2.75, 3.05) is 31.1 Å². The summed E-state index contributed by atoms with van der Waals surface area (Å²) < 4.78 is 1.23. The summed E-state index contributed by atoms with van der Waals surface area (Å²) in [7, 11) is 0. The molecule has 2 heterocycles. The van der Waals surface area contributed by atoms with E-state index in [2.05, 4.69) is 35.3 Å². The van der Waals surface area contributed by atoms with E-state index >= 15 is 0 Å². The molecular formula is C16H22N4OS. The summed E-state index contributed by atoms with van der Waals surface area (Å²) in [5.41, 5.74) is 2.32. The summed E-state index contributed by atoms with van der Waals surface area (Å²) in [6, 6.07) is 6.51. The molecule has 0 atom stereocenters. The van der Waals surface area contributed by atoms with Gasteiger partial charge in [0, 0.05) is 32.2 Å². The number of carbonyl (C=O) groups excluding carboxylic acids is 1. The third-order valence-electron chi connectivity index (χ3n) is 3.86. The van der Waals surface area contributed by atoms with Gasteiger partial charge in [-0.25, -0.2) is 9.78 Å². The van der Waals surface area contributed by atoms with Crippen LogP contribution < -0.4 is 10.2 Å². The summed E-state index contributed by atoms with van der Waals surface area (Å²) in [5, 5.41) is 4.01. The molecule has 1 saturated heterocycles. The first-order chi connectivity index (χ1) is 10.5. The second-order valence-electron chi connectivity index (χ2n) is 6.00. The Labute approximate surface area is 134 Å². The van der Waals surface area contributed by atoms with Gasteiger partial charge in [-0.2, -0.15) is 0 Å². The molecule has 6 heteroatoms. The second-order valence-corrected chi connectivity index (χ2v) is 7.01. The first-order valence-electron chi connectivity index (χ1n) is 7.71. The minimum absolute atomic E-state index is 0.0368. The van der Waals surface area contributed by atoms with E-state index in [4.69, 9.17) is 4.98 Å². The van der Waals surface area contributed by atoms with Gasteiger partial charge in [0.05, 0.1) is 10.2 Å². The van der Waals surface area contributed by atoms with Gasteiger partial charge in [-0.3, -0.25) is 0 Å². The van der Waals surface area contributed by atoms with Gasteiger partial charge in [0.25, 0.3) is 0 Å². The summed E-state index contributed by atoms with van der Waals surface area (Å²) in [4.78, 5) is 21.0. The lowest BCUT2D eigenvalue weighted by atomic mass is 10.2. The fourth-order valence-corrected chi connectivity index (χ4v) is 3.74. The van der Waals surface area contributed by atoms with Crippen molar-refractivity contribution in [1.29, 1.82) is 0 Å². The minimum atomic E-state index is 0.0368. The molecule has 1 aromatic heterocycles. The molecule has 1 aliphatic heterocycles. The van der Waals surface area contributed by atoms with Crippen LogP contribution in [0.3, 0.4) is 0 Å². The van der Waals surface area contributed by atoms with Crippen LogP contribution in [0.2, 0.25) is 0 Å². The molecule has 1 N–H and O–H groups in total. The highest BCUT2D eigenvalue weighted by Gasteiger charge is 2.23. The number of rotatable bonds is 2. The monoisotopic (exact) mass is 318 g/mol. The zero-order valence-corrected chi connectivity index (χ0v) is 14.1. The van der Waals surface area contributed by atoms with Gasteiger partial charge in [-0.05, 0) is 32.4 Å². The number of aromatic nitrogens is 1. The van der Waals surface area contributed by atoms with E-state index in [-0.39, 0.29) is 12.1 Å². The molecule has 22 heavy (non-hydrogen) atoms. The zero-order valence-electron chi connectivity index (χ0n) is 13.3. The average Bonchev–Trinajstić information content (AvgIpc) is 2.92. The highest BCUT2D eigenvalue weighted by atomic mass is 32.1. The van der Waals surface area contributed by atoms with Crippen molar-refractivity contribution in [3.8, 4) is 0 Å². The number of piperazine rings is 1. The van der Waals surface area contributed by atoms with Crippen LogP contribution in [0, 0.1) is 6.92 Å². The molecule has 5 nitrogen and oxygen atoms in total. The smallest absolute Gasteiger partial charge is 0.317 e. The number of thiazole rings is 1. The van der Waals surface area contributed by atoms with E-state index in [1.54, 1.807) is 11.3 Å². The van der Waals surface area contributed by atoms with Crippen molar-refractivity contribution in [3.05, 3.63) is 23.8 Å². The summed E-state index contributed by atoms with van der Waals surface area (Å²) in [6.45, 7) is 9.23. The second kappa shape index (κ2) is 6.12. The van der Waals surface area contributed by atoms with E-state index < -0.39 is 0 Å². The number of fused-ring (bicyclic) bond motifs is 1. The van der Waals surface area contributed by atoms with Gasteiger partial charge < -0.3 is 15.1 Å². The number of carbonyl (C=O) groups is 1. The molecule has 0 aliphatic carbocycles. The minimum Gasteiger partial charge on any atom is -0.345 e. The Morgan fingerprint density at radius 3 is 2.64 bits per heavy atom. The molecule has 0 radical (unpaired) electrons. The van der Waals surface area contributed by atoms with Crippen LogP contribution in [0.1, 0.15) is 19.4 Å². The number of hydrogen-bond acceptors (Lipinski definition) is 4. The normalized spacial score (nSPS) is 15.6. The number of nitrogens with one attached hydrogen (secondary N) is 1. The van der Waals surface area contributed by atoms with E-state index in [9.17, 15) is 4.79 Å². The fourth-order valence-electron chi connectivity index (χ4n) is 2.65. The fraction of sp³-hybridized carbons (Fsp3) is 0.500. The molecule has 0 saturated carbocycles. The number of amides is 2. The molecule has 0 spiro atoms. The summed E-state index contributed by atoms with van der Waals surface area (Å²) in [6.07, 6.45) is 0. The Kier molecular flexibility index (Phi) is 4.20. The van der Waals surface area contributed by atoms with E-state index in [0.717, 1.165) is 36.8 Å². The van der Waals surface area contributed by atoms with E-state index in [0.29, 0.717) is 0 Å². The number of benzene rings is 1. The lowest BCUT2D eigenvalue weighted by Gasteiger charge is -2.34. The molecular weight excluding hydrogens is 296 g/mol. The Hall–Kier alpha value is -1.82. The summed E-state index contributed by atoms with van der Waals surface area (Å²) in [5.74, 6) is 0. The molecule has 0 unspecified atom stereocenters. The lowest BCUT2D eigenvalue weighted by molar-refractivity contribution is 0.192. The first kappa shape index (κ1) is 15.1. The van der Waals surface area contributed by atoms with Crippen molar-refractivity contribution in [2.45, 2.75) is 26.8 Å². The highest BCUT2D eigenvalue weighted by molar-refractivity contribution is 7.22. The predicted octanol–water partition coefficient (Wildman–Crippen LogP) is 2.84. The molecule has 0 bridgehead atoms. The largest absolute Gasteiger partial charge is 0.345 e. The summed E-state index contributed by atoms with van der Waals surface area (Å²) >= 11 is 1.73. The van der Waals surface area contributed by atoms with Crippen molar-refractivity contribution in [1.82, 2.24) is 15.2 Å². The Balaban J connectivity index is 1.68. The molecule has 2 amide bonds. The van der Waals surface area contributed by atoms with E-state index in [1.165, 1.54) is 10.3 Å². The van der Waals surface area contributed by atoms with Crippen molar-refractivity contribution in [2.24, 2.45) is 0 Å². The Morgan fingerprint density at radius 1 is 1.27 bits per heavy atom. The molecule has 1 fully saturated rings. The predicted molar refractivity (Wildman–Crippen MR) is 91.8 cm³/mol. The number of anilines is 1. The number of nitrogens with zero attached hydrogens (tertiary/aromatic N) is 3. The standard InChI is InChI=1S/C16H22N4OS/c1-11(2)17-15(21)19-7-9-20(10-8-19)16-18-14-12(3)5-4-6-13(14)22-16/h4-6,11H,7-10H2,1-3H3,(H,17,21). The highest BCUT2D eigenvalue weighted by Crippen LogP contribution is 2.30. The van der Waals surface area contributed by atoms with Crippen molar-refractivity contribution in [3.63, 3.8) is 0 Å². The van der Waals surface area contributed by atoms with Gasteiger partial charge in [-0.1, -0.05) is 23.5 Å². The molecule has 118 valence electrons. The molecule has 1 aliphatic rings. The van der Waals surface area contributed by atoms with Crippen molar-refractivity contribution >= 4 is 32.7 Å². The van der Waals surface area contributed by atoms with Crippen molar-refractivity contribution < 1.29 is 4.79 Å². The third kappa shape index (κ3) is 3.02. The number of aryl methyl sites for hydroxylation is 1. The van der Waals surface area contributed by atoms with Gasteiger partial charge in [0.15, 0.2) is 5.13 Å². The van der Waals surface area contributed by atoms with Crippen LogP contribution in [0.25, 0.3) is 10.2 Å². The Bertz CT molecular complexity index is 674. The molecule has 1 aromatic carbocycles. The number of para-hydroxylation sites is 1. The SMILES string of the molecule is Cc1cccc2sc(N3CCN(C(=O)NC(C)C)CC3)nc12. The van der Waals surface area contributed by atoms with Crippen LogP contribution in [0.15, 0.2) is 18.2 Å². The lowest BCUT2D eigenvalue weighted by Crippen LogP contribution is -2.52. The number of hydrogen-bond donors (Lipinski definition) is 1. The topological polar surface area (TPSA) is 48.5 Å². The molecule has 2 aromatic rings. The van der Waals surface area contributed by atoms with Crippen LogP contribution in [0.4, 0.5) is 9.93 Å². The van der Waals surface area contributed by atoms with Crippen LogP contribution in [0.5, 0.6) is 0 Å². The maximum absolute atomic E-state index is 12.0. The van der Waals surface area contributed by atoms with Gasteiger partial charge >= 0.3 is 6.03 Å². The number of urea groups is 1. The maximum Gasteiger partial charge on any atom is 0.317 e. The zero-order chi connectivity index (χ0) is 15.7. The third-order valence-corrected chi connectivity index (χ3v) is 4.94. The van der Waals surface area contributed by atoms with Crippen LogP contribution in [-0.2, 0) is 0 Å². The first-order valence-corrected chi connectivity index (χ1v) is 8.53. The average molecular weight is 318 g/mol. The van der Waals surface area contributed by atoms with Gasteiger partial charge in [0.2, 0.25) is 0 Å². The van der Waals surface area contributed by atoms with E-state index in [1.807, 2.05) is 18.7 Å². The quantitative estimate of drug-likeness (QED) is 0.926. The van der Waals surface area contributed by atoms with Crippen LogP contribution >= 0.6 is 11.3 Å². The van der Waals surface area contributed by atoms with Gasteiger partial charge in [-0.15, -0.1) is 0 Å².